The van der Waals surface area contributed by atoms with Crippen molar-refractivity contribution in [2.24, 2.45) is 4.99 Å². The topological polar surface area (TPSA) is 52.9 Å². The van der Waals surface area contributed by atoms with Crippen molar-refractivity contribution in [3.63, 3.8) is 0 Å². The number of hydrogen-bond donors (Lipinski definition) is 1. The minimum atomic E-state index is -0.327. The maximum atomic E-state index is 13.4. The molecular formula is C24H16Cl4N2O2S. The summed E-state index contributed by atoms with van der Waals surface area (Å²) in [5, 5.41) is 12.3. The Labute approximate surface area is 215 Å². The van der Waals surface area contributed by atoms with Crippen LogP contribution in [-0.2, 0) is 4.79 Å². The average Bonchev–Trinajstić information content (AvgIpc) is 3.05. The van der Waals surface area contributed by atoms with Crippen molar-refractivity contribution in [2.45, 2.75) is 13.8 Å². The fourth-order valence-electron chi connectivity index (χ4n) is 3.10. The van der Waals surface area contributed by atoms with Crippen LogP contribution in [-0.4, -0.2) is 16.2 Å². The monoisotopic (exact) mass is 536 g/mol. The molecule has 0 radical (unpaired) electrons. The third-order valence-electron chi connectivity index (χ3n) is 4.94. The first kappa shape index (κ1) is 24.0. The van der Waals surface area contributed by atoms with Gasteiger partial charge in [0.15, 0.2) is 5.17 Å². The van der Waals surface area contributed by atoms with Crippen molar-refractivity contribution in [3.05, 3.63) is 90.2 Å². The summed E-state index contributed by atoms with van der Waals surface area (Å²) in [5.41, 5.74) is 3.30. The molecular weight excluding hydrogens is 522 g/mol. The summed E-state index contributed by atoms with van der Waals surface area (Å²) < 4.78 is 0. The van der Waals surface area contributed by atoms with E-state index in [1.807, 2.05) is 32.0 Å². The van der Waals surface area contributed by atoms with Gasteiger partial charge in [0.25, 0.3) is 5.91 Å². The Morgan fingerprint density at radius 1 is 0.909 bits per heavy atom. The fraction of sp³-hybridized carbons (Fsp3) is 0.0833. The second-order valence-electron chi connectivity index (χ2n) is 7.34. The van der Waals surface area contributed by atoms with E-state index in [2.05, 4.69) is 4.99 Å². The van der Waals surface area contributed by atoms with Gasteiger partial charge in [0.05, 0.1) is 21.3 Å². The van der Waals surface area contributed by atoms with E-state index in [1.54, 1.807) is 18.2 Å². The van der Waals surface area contributed by atoms with Crippen LogP contribution in [0, 0.1) is 13.8 Å². The third-order valence-corrected chi connectivity index (χ3v) is 7.23. The number of carbonyl (C=O) groups excluding carboxylic acids is 1. The van der Waals surface area contributed by atoms with Gasteiger partial charge < -0.3 is 5.11 Å². The van der Waals surface area contributed by atoms with Gasteiger partial charge in [0.2, 0.25) is 0 Å². The van der Waals surface area contributed by atoms with Crippen molar-refractivity contribution < 1.29 is 9.90 Å². The molecule has 1 fully saturated rings. The number of thioether (sulfide) groups is 1. The van der Waals surface area contributed by atoms with Crippen LogP contribution in [0.4, 0.5) is 11.4 Å². The molecule has 1 aliphatic heterocycles. The van der Waals surface area contributed by atoms with Crippen LogP contribution in [0.1, 0.15) is 16.7 Å². The molecule has 33 heavy (non-hydrogen) atoms. The van der Waals surface area contributed by atoms with Gasteiger partial charge in [-0.25, -0.2) is 4.99 Å². The normalized spacial score (nSPS) is 16.3. The van der Waals surface area contributed by atoms with Crippen molar-refractivity contribution >= 4 is 86.7 Å². The highest BCUT2D eigenvalue weighted by molar-refractivity contribution is 8.19. The molecule has 0 atom stereocenters. The van der Waals surface area contributed by atoms with E-state index in [1.165, 1.54) is 23.1 Å². The Hall–Kier alpha value is -2.15. The smallest absolute Gasteiger partial charge is 0.271 e. The lowest BCUT2D eigenvalue weighted by atomic mass is 10.1. The van der Waals surface area contributed by atoms with Crippen molar-refractivity contribution in [1.82, 2.24) is 0 Å². The summed E-state index contributed by atoms with van der Waals surface area (Å²) in [6.45, 7) is 3.78. The molecule has 0 saturated carbocycles. The lowest BCUT2D eigenvalue weighted by molar-refractivity contribution is -0.113. The number of amidine groups is 1. The standard InChI is InChI=1S/C24H16Cl4N2O2S/c1-12-3-5-16(10-18(12)26)29-24-30(17-6-4-13(2)19(27)11-17)23(32)21(33-24)8-14-7-15(25)9-20(28)22(14)31/h3-11,31H,1-2H3/b21-8+,29-24?. The molecule has 3 aromatic rings. The first-order chi connectivity index (χ1) is 15.6. The lowest BCUT2D eigenvalue weighted by Gasteiger charge is -2.16. The number of rotatable bonds is 3. The number of halogens is 4. The zero-order chi connectivity index (χ0) is 23.9. The molecule has 1 aliphatic rings. The number of aliphatic imine (C=N–C) groups is 1. The molecule has 1 amide bonds. The summed E-state index contributed by atoms with van der Waals surface area (Å²) in [6, 6.07) is 13.7. The Morgan fingerprint density at radius 2 is 1.58 bits per heavy atom. The Kier molecular flexibility index (Phi) is 6.99. The van der Waals surface area contributed by atoms with Gasteiger partial charge in [-0.3, -0.25) is 9.69 Å². The first-order valence-corrected chi connectivity index (χ1v) is 12.0. The lowest BCUT2D eigenvalue weighted by Crippen LogP contribution is -2.28. The number of carbonyl (C=O) groups is 1. The molecule has 4 rings (SSSR count). The Bertz CT molecular complexity index is 1350. The molecule has 0 unspecified atom stereocenters. The molecule has 1 heterocycles. The zero-order valence-corrected chi connectivity index (χ0v) is 21.2. The Morgan fingerprint density at radius 3 is 2.24 bits per heavy atom. The molecule has 9 heteroatoms. The molecule has 1 saturated heterocycles. The largest absolute Gasteiger partial charge is 0.506 e. The van der Waals surface area contributed by atoms with E-state index in [0.717, 1.165) is 22.9 Å². The number of phenolic OH excluding ortho intramolecular Hbond substituents is 1. The number of nitrogens with zero attached hydrogens (tertiary/aromatic N) is 2. The maximum absolute atomic E-state index is 13.4. The van der Waals surface area contributed by atoms with Crippen LogP contribution in [0.3, 0.4) is 0 Å². The molecule has 0 bridgehead atoms. The number of anilines is 1. The summed E-state index contributed by atoms with van der Waals surface area (Å²) >= 11 is 25.9. The number of hydrogen-bond acceptors (Lipinski definition) is 4. The highest BCUT2D eigenvalue weighted by atomic mass is 35.5. The molecule has 0 aromatic heterocycles. The van der Waals surface area contributed by atoms with Gasteiger partial charge in [0.1, 0.15) is 5.75 Å². The van der Waals surface area contributed by atoms with E-state index < -0.39 is 0 Å². The van der Waals surface area contributed by atoms with Gasteiger partial charge in [-0.05, 0) is 79.2 Å². The second-order valence-corrected chi connectivity index (χ2v) is 10.0. The molecule has 168 valence electrons. The van der Waals surface area contributed by atoms with Crippen LogP contribution < -0.4 is 4.90 Å². The number of aromatic hydroxyl groups is 1. The summed E-state index contributed by atoms with van der Waals surface area (Å²) in [4.78, 5) is 19.9. The summed E-state index contributed by atoms with van der Waals surface area (Å²) in [6.07, 6.45) is 1.54. The number of benzene rings is 3. The van der Waals surface area contributed by atoms with Gasteiger partial charge in [0, 0.05) is 20.6 Å². The number of amides is 1. The van der Waals surface area contributed by atoms with E-state index in [4.69, 9.17) is 46.4 Å². The van der Waals surface area contributed by atoms with Crippen LogP contribution in [0.25, 0.3) is 6.08 Å². The zero-order valence-electron chi connectivity index (χ0n) is 17.4. The van der Waals surface area contributed by atoms with Crippen molar-refractivity contribution in [1.29, 1.82) is 0 Å². The van der Waals surface area contributed by atoms with Crippen LogP contribution >= 0.6 is 58.2 Å². The van der Waals surface area contributed by atoms with E-state index in [0.29, 0.717) is 42.1 Å². The highest BCUT2D eigenvalue weighted by Crippen LogP contribution is 2.41. The average molecular weight is 538 g/mol. The van der Waals surface area contributed by atoms with Gasteiger partial charge >= 0.3 is 0 Å². The second kappa shape index (κ2) is 9.61. The molecule has 4 nitrogen and oxygen atoms in total. The van der Waals surface area contributed by atoms with Crippen molar-refractivity contribution in [3.8, 4) is 5.75 Å². The van der Waals surface area contributed by atoms with E-state index in [9.17, 15) is 9.90 Å². The van der Waals surface area contributed by atoms with E-state index >= 15 is 0 Å². The minimum absolute atomic E-state index is 0.0927. The SMILES string of the molecule is Cc1ccc(N=C2S/C(=C/c3cc(Cl)cc(Cl)c3O)C(=O)N2c2ccc(C)c(Cl)c2)cc1Cl. The number of aryl methyl sites for hydroxylation is 2. The third kappa shape index (κ3) is 5.03. The van der Waals surface area contributed by atoms with Gasteiger partial charge in [-0.15, -0.1) is 0 Å². The minimum Gasteiger partial charge on any atom is -0.506 e. The first-order valence-electron chi connectivity index (χ1n) is 9.67. The maximum Gasteiger partial charge on any atom is 0.271 e. The summed E-state index contributed by atoms with van der Waals surface area (Å²) in [7, 11) is 0. The summed E-state index contributed by atoms with van der Waals surface area (Å²) in [5.74, 6) is -0.491. The highest BCUT2D eigenvalue weighted by Gasteiger charge is 2.35. The predicted octanol–water partition coefficient (Wildman–Crippen LogP) is 8.43. The molecule has 0 aliphatic carbocycles. The molecule has 1 N–H and O–H groups in total. The predicted molar refractivity (Wildman–Crippen MR) is 141 cm³/mol. The van der Waals surface area contributed by atoms with Gasteiger partial charge in [-0.1, -0.05) is 58.5 Å². The molecule has 0 spiro atoms. The van der Waals surface area contributed by atoms with Crippen LogP contribution in [0.15, 0.2) is 58.4 Å². The van der Waals surface area contributed by atoms with Crippen LogP contribution in [0.2, 0.25) is 20.1 Å². The quantitative estimate of drug-likeness (QED) is 0.341. The number of phenols is 1. The van der Waals surface area contributed by atoms with E-state index in [-0.39, 0.29) is 16.7 Å². The fourth-order valence-corrected chi connectivity index (χ4v) is 4.95. The Balaban J connectivity index is 1.84. The van der Waals surface area contributed by atoms with Crippen LogP contribution in [0.5, 0.6) is 5.75 Å². The van der Waals surface area contributed by atoms with Crippen molar-refractivity contribution in [2.75, 3.05) is 4.90 Å². The van der Waals surface area contributed by atoms with Gasteiger partial charge in [-0.2, -0.15) is 0 Å². The molecule has 3 aromatic carbocycles.